The van der Waals surface area contributed by atoms with E-state index in [1.165, 1.54) is 18.2 Å². The highest BCUT2D eigenvalue weighted by Crippen LogP contribution is 2.10. The minimum atomic E-state index is -0.666. The van der Waals surface area contributed by atoms with Crippen LogP contribution in [0.15, 0.2) is 47.4 Å². The monoisotopic (exact) mass is 291 g/mol. The number of hydrogen-bond acceptors (Lipinski definition) is 4. The Bertz CT molecular complexity index is 757. The summed E-state index contributed by atoms with van der Waals surface area (Å²) < 4.78 is 13.9. The van der Waals surface area contributed by atoms with Crippen molar-refractivity contribution < 1.29 is 14.1 Å². The molecule has 1 amide bonds. The van der Waals surface area contributed by atoms with Crippen LogP contribution in [-0.4, -0.2) is 15.4 Å². The Hall–Kier alpha value is -3.03. The van der Waals surface area contributed by atoms with Crippen molar-refractivity contribution in [3.63, 3.8) is 0 Å². The molecular weight excluding hydrogens is 281 g/mol. The number of anilines is 1. The number of nitrogens with zero attached hydrogens (tertiary/aromatic N) is 2. The minimum absolute atomic E-state index is 0.235. The first-order valence-corrected chi connectivity index (χ1v) is 5.86. The summed E-state index contributed by atoms with van der Waals surface area (Å²) in [5, 5.41) is 13.0. The van der Waals surface area contributed by atoms with E-state index in [0.29, 0.717) is 0 Å². The van der Waals surface area contributed by atoms with Gasteiger partial charge < -0.3 is 5.32 Å². The van der Waals surface area contributed by atoms with Crippen molar-refractivity contribution in [3.05, 3.63) is 68.9 Å². The molecule has 0 radical (unpaired) electrons. The summed E-state index contributed by atoms with van der Waals surface area (Å²) in [7, 11) is 0. The molecule has 1 N–H and O–H groups in total. The van der Waals surface area contributed by atoms with Crippen LogP contribution >= 0.6 is 0 Å². The van der Waals surface area contributed by atoms with Gasteiger partial charge in [-0.05, 0) is 18.2 Å². The molecule has 7 nitrogen and oxygen atoms in total. The number of carbonyl (C=O) groups excluding carboxylic acids is 1. The lowest BCUT2D eigenvalue weighted by Gasteiger charge is -2.07. The second-order valence-corrected chi connectivity index (χ2v) is 4.17. The Morgan fingerprint density at radius 1 is 1.33 bits per heavy atom. The van der Waals surface area contributed by atoms with Crippen LogP contribution in [0.4, 0.5) is 15.8 Å². The molecule has 2 aromatic rings. The van der Waals surface area contributed by atoms with E-state index in [4.69, 9.17) is 0 Å². The molecule has 0 spiro atoms. The molecule has 8 heteroatoms. The maximum absolute atomic E-state index is 13.0. The van der Waals surface area contributed by atoms with Gasteiger partial charge in [-0.1, -0.05) is 6.07 Å². The Balaban J connectivity index is 2.14. The topological polar surface area (TPSA) is 94.2 Å². The highest BCUT2D eigenvalue weighted by atomic mass is 19.1. The number of rotatable bonds is 4. The van der Waals surface area contributed by atoms with E-state index in [1.807, 2.05) is 0 Å². The Labute approximate surface area is 117 Å². The summed E-state index contributed by atoms with van der Waals surface area (Å²) in [6.07, 6.45) is 0.980. The summed E-state index contributed by atoms with van der Waals surface area (Å²) in [4.78, 5) is 33.3. The normalized spacial score (nSPS) is 10.1. The number of nitrogens with one attached hydrogen (secondary N) is 1. The quantitative estimate of drug-likeness (QED) is 0.682. The van der Waals surface area contributed by atoms with E-state index in [9.17, 15) is 24.1 Å². The number of halogens is 1. The van der Waals surface area contributed by atoms with Crippen LogP contribution in [0.2, 0.25) is 0 Å². The zero-order chi connectivity index (χ0) is 15.4. The Morgan fingerprint density at radius 3 is 2.76 bits per heavy atom. The third kappa shape index (κ3) is 3.72. The lowest BCUT2D eigenvalue weighted by Crippen LogP contribution is -2.26. The predicted molar refractivity (Wildman–Crippen MR) is 72.4 cm³/mol. The van der Waals surface area contributed by atoms with Gasteiger partial charge in [0.2, 0.25) is 5.91 Å². The van der Waals surface area contributed by atoms with E-state index in [2.05, 4.69) is 5.32 Å². The van der Waals surface area contributed by atoms with Gasteiger partial charge in [-0.25, -0.2) is 4.39 Å². The van der Waals surface area contributed by atoms with E-state index in [1.54, 1.807) is 0 Å². The second-order valence-electron chi connectivity index (χ2n) is 4.17. The first-order valence-electron chi connectivity index (χ1n) is 5.86. The molecular formula is C13H10FN3O4. The van der Waals surface area contributed by atoms with Gasteiger partial charge in [0.25, 0.3) is 11.2 Å². The number of amides is 1. The van der Waals surface area contributed by atoms with Gasteiger partial charge in [-0.2, -0.15) is 0 Å². The fourth-order valence-electron chi connectivity index (χ4n) is 1.67. The summed E-state index contributed by atoms with van der Waals surface area (Å²) in [5.74, 6) is -1.11. The summed E-state index contributed by atoms with van der Waals surface area (Å²) in [6.45, 7) is -0.406. The summed E-state index contributed by atoms with van der Waals surface area (Å²) >= 11 is 0. The van der Waals surface area contributed by atoms with Crippen molar-refractivity contribution in [2.45, 2.75) is 6.54 Å². The smallest absolute Gasteiger partial charge is 0.285 e. The molecule has 0 fully saturated rings. The lowest BCUT2D eigenvalue weighted by molar-refractivity contribution is -0.385. The Morgan fingerprint density at radius 2 is 2.10 bits per heavy atom. The van der Waals surface area contributed by atoms with Crippen molar-refractivity contribution in [2.75, 3.05) is 5.32 Å². The maximum Gasteiger partial charge on any atom is 0.285 e. The number of aromatic nitrogens is 1. The first-order chi connectivity index (χ1) is 9.95. The molecule has 108 valence electrons. The molecule has 0 bridgehead atoms. The van der Waals surface area contributed by atoms with Crippen LogP contribution in [-0.2, 0) is 11.3 Å². The maximum atomic E-state index is 13.0. The van der Waals surface area contributed by atoms with Crippen molar-refractivity contribution in [1.82, 2.24) is 4.57 Å². The van der Waals surface area contributed by atoms with E-state index in [-0.39, 0.29) is 11.4 Å². The van der Waals surface area contributed by atoms with E-state index >= 15 is 0 Å². The molecule has 0 saturated carbocycles. The molecule has 1 heterocycles. The zero-order valence-electron chi connectivity index (χ0n) is 10.7. The first kappa shape index (κ1) is 14.4. The number of pyridine rings is 1. The molecule has 2 rings (SSSR count). The van der Waals surface area contributed by atoms with Crippen LogP contribution in [0.3, 0.4) is 0 Å². The van der Waals surface area contributed by atoms with Crippen molar-refractivity contribution >= 4 is 17.3 Å². The zero-order valence-corrected chi connectivity index (χ0v) is 10.7. The van der Waals surface area contributed by atoms with Crippen molar-refractivity contribution in [3.8, 4) is 0 Å². The standard InChI is InChI=1S/C13H10FN3O4/c14-9-2-1-3-10(6-9)15-12(18)8-16-7-11(17(20)21)4-5-13(16)19/h1-7H,8H2,(H,15,18). The van der Waals surface area contributed by atoms with Gasteiger partial charge in [-0.3, -0.25) is 24.3 Å². The molecule has 0 unspecified atom stereocenters. The molecule has 0 aliphatic carbocycles. The Kier molecular flexibility index (Phi) is 4.07. The largest absolute Gasteiger partial charge is 0.324 e. The van der Waals surface area contributed by atoms with Gasteiger partial charge in [-0.15, -0.1) is 0 Å². The van der Waals surface area contributed by atoms with Crippen LogP contribution in [0.25, 0.3) is 0 Å². The number of nitro groups is 1. The van der Waals surface area contributed by atoms with E-state index < -0.39 is 28.8 Å². The van der Waals surface area contributed by atoms with Gasteiger partial charge >= 0.3 is 0 Å². The second kappa shape index (κ2) is 5.95. The molecule has 0 atom stereocenters. The van der Waals surface area contributed by atoms with Gasteiger partial charge in [0.05, 0.1) is 11.1 Å². The molecule has 0 saturated heterocycles. The highest BCUT2D eigenvalue weighted by molar-refractivity contribution is 5.90. The van der Waals surface area contributed by atoms with Gasteiger partial charge in [0, 0.05) is 17.8 Å². The van der Waals surface area contributed by atoms with Gasteiger partial charge in [0.15, 0.2) is 0 Å². The fourth-order valence-corrected chi connectivity index (χ4v) is 1.67. The summed E-state index contributed by atoms with van der Waals surface area (Å²) in [6, 6.07) is 7.31. The third-order valence-corrected chi connectivity index (χ3v) is 2.60. The predicted octanol–water partition coefficient (Wildman–Crippen LogP) is 1.53. The minimum Gasteiger partial charge on any atom is -0.324 e. The SMILES string of the molecule is O=C(Cn1cc([N+](=O)[O-])ccc1=O)Nc1cccc(F)c1. The van der Waals surface area contributed by atoms with Crippen LogP contribution in [0, 0.1) is 15.9 Å². The average molecular weight is 291 g/mol. The third-order valence-electron chi connectivity index (χ3n) is 2.60. The van der Waals surface area contributed by atoms with Crippen LogP contribution in [0.1, 0.15) is 0 Å². The van der Waals surface area contributed by atoms with E-state index in [0.717, 1.165) is 29.0 Å². The lowest BCUT2D eigenvalue weighted by atomic mass is 10.3. The number of hydrogen-bond donors (Lipinski definition) is 1. The summed E-state index contributed by atoms with van der Waals surface area (Å²) in [5.41, 5.74) is -0.610. The van der Waals surface area contributed by atoms with Gasteiger partial charge in [0.1, 0.15) is 12.4 Å². The number of benzene rings is 1. The molecule has 21 heavy (non-hydrogen) atoms. The van der Waals surface area contributed by atoms with Crippen LogP contribution < -0.4 is 10.9 Å². The van der Waals surface area contributed by atoms with Crippen molar-refractivity contribution in [2.24, 2.45) is 0 Å². The number of carbonyl (C=O) groups is 1. The molecule has 1 aromatic heterocycles. The van der Waals surface area contributed by atoms with Crippen molar-refractivity contribution in [1.29, 1.82) is 0 Å². The van der Waals surface area contributed by atoms with Crippen LogP contribution in [0.5, 0.6) is 0 Å². The highest BCUT2D eigenvalue weighted by Gasteiger charge is 2.11. The molecule has 1 aromatic carbocycles. The molecule has 0 aliphatic heterocycles. The average Bonchev–Trinajstić information content (AvgIpc) is 2.41. The fraction of sp³-hybridized carbons (Fsp3) is 0.0769. The molecule has 0 aliphatic rings.